The number of benzene rings is 2. The number of fused-ring (bicyclic) bond motifs is 5. The fraction of sp³-hybridized carbons (Fsp3) is 0.263. The van der Waals surface area contributed by atoms with Gasteiger partial charge in [-0.1, -0.05) is 54.7 Å². The van der Waals surface area contributed by atoms with Crippen LogP contribution in [0.1, 0.15) is 67.3 Å². The Labute approximate surface area is 247 Å². The van der Waals surface area contributed by atoms with E-state index in [2.05, 4.69) is 88.4 Å². The molecular formula is C38H32N4. The lowest BCUT2D eigenvalue weighted by Gasteiger charge is -2.34. The summed E-state index contributed by atoms with van der Waals surface area (Å²) in [7, 11) is 0. The highest BCUT2D eigenvalue weighted by Crippen LogP contribution is 2.49. The second kappa shape index (κ2) is 9.93. The van der Waals surface area contributed by atoms with Crippen molar-refractivity contribution in [2.75, 3.05) is 0 Å². The number of nitriles is 2. The van der Waals surface area contributed by atoms with Gasteiger partial charge in [0.1, 0.15) is 0 Å². The summed E-state index contributed by atoms with van der Waals surface area (Å²) in [6.45, 7) is 0. The van der Waals surface area contributed by atoms with Crippen molar-refractivity contribution in [1.29, 1.82) is 10.5 Å². The first-order chi connectivity index (χ1) is 20.7. The van der Waals surface area contributed by atoms with E-state index in [0.717, 1.165) is 57.1 Å². The monoisotopic (exact) mass is 544 g/mol. The summed E-state index contributed by atoms with van der Waals surface area (Å²) in [5.74, 6) is 0.123. The normalized spacial score (nSPS) is 22.5. The molecule has 2 aromatic carbocycles. The lowest BCUT2D eigenvalue weighted by Crippen LogP contribution is -2.31. The van der Waals surface area contributed by atoms with E-state index >= 15 is 0 Å². The van der Waals surface area contributed by atoms with E-state index in [1.165, 1.54) is 55.8 Å². The van der Waals surface area contributed by atoms with Crippen LogP contribution >= 0.6 is 0 Å². The van der Waals surface area contributed by atoms with Gasteiger partial charge in [0.15, 0.2) is 0 Å². The summed E-state index contributed by atoms with van der Waals surface area (Å²) >= 11 is 0. The molecule has 2 unspecified atom stereocenters. The van der Waals surface area contributed by atoms with Crippen molar-refractivity contribution >= 4 is 22.6 Å². The zero-order chi connectivity index (χ0) is 28.2. The smallest absolute Gasteiger partial charge is 0.0992 e. The first-order valence-corrected chi connectivity index (χ1v) is 15.3. The van der Waals surface area contributed by atoms with Crippen LogP contribution in [-0.2, 0) is 6.42 Å². The van der Waals surface area contributed by atoms with Gasteiger partial charge in [0.05, 0.1) is 35.2 Å². The number of nitrogens with zero attached hydrogens (tertiary/aromatic N) is 4. The van der Waals surface area contributed by atoms with Crippen LogP contribution in [0.5, 0.6) is 0 Å². The summed E-state index contributed by atoms with van der Waals surface area (Å²) in [5, 5.41) is 20.6. The predicted molar refractivity (Wildman–Crippen MR) is 168 cm³/mol. The van der Waals surface area contributed by atoms with Gasteiger partial charge in [-0.25, -0.2) is 0 Å². The molecule has 2 atom stereocenters. The molecule has 0 radical (unpaired) electrons. The highest BCUT2D eigenvalue weighted by Gasteiger charge is 2.40. The van der Waals surface area contributed by atoms with Crippen LogP contribution in [0, 0.1) is 28.6 Å². The number of hydrogen-bond acceptors (Lipinski definition) is 3. The molecule has 8 rings (SSSR count). The molecule has 42 heavy (non-hydrogen) atoms. The SMILES string of the molecule is N#Cc1cccc(-n2c3c(c4c(C5=CC(N6C7=C(CC(C#N)CC7)C7=CC=CCC76)=CCC5)cccc42)C=CCC3)c1. The second-order valence-corrected chi connectivity index (χ2v) is 12.0. The van der Waals surface area contributed by atoms with Gasteiger partial charge in [0.2, 0.25) is 0 Å². The molecule has 0 bridgehead atoms. The van der Waals surface area contributed by atoms with E-state index in [1.807, 2.05) is 18.2 Å². The molecule has 0 saturated carbocycles. The van der Waals surface area contributed by atoms with Gasteiger partial charge in [-0.05, 0) is 104 Å². The first kappa shape index (κ1) is 25.0. The van der Waals surface area contributed by atoms with Gasteiger partial charge >= 0.3 is 0 Å². The van der Waals surface area contributed by atoms with Crippen LogP contribution in [-0.4, -0.2) is 15.5 Å². The minimum atomic E-state index is 0.123. The third-order valence-corrected chi connectivity index (χ3v) is 9.70. The van der Waals surface area contributed by atoms with E-state index < -0.39 is 0 Å². The number of hydrogen-bond donors (Lipinski definition) is 0. The molecule has 4 nitrogen and oxygen atoms in total. The van der Waals surface area contributed by atoms with E-state index in [4.69, 9.17) is 0 Å². The molecule has 204 valence electrons. The van der Waals surface area contributed by atoms with Crippen molar-refractivity contribution in [3.05, 3.63) is 124 Å². The van der Waals surface area contributed by atoms with Gasteiger partial charge < -0.3 is 9.47 Å². The topological polar surface area (TPSA) is 55.8 Å². The van der Waals surface area contributed by atoms with E-state index in [-0.39, 0.29) is 5.92 Å². The molecule has 0 amide bonds. The van der Waals surface area contributed by atoms with Crippen molar-refractivity contribution < 1.29 is 0 Å². The molecule has 1 aliphatic heterocycles. The summed E-state index contributed by atoms with van der Waals surface area (Å²) in [5.41, 5.74) is 13.9. The van der Waals surface area contributed by atoms with Crippen LogP contribution in [0.25, 0.3) is 28.2 Å². The molecule has 0 spiro atoms. The van der Waals surface area contributed by atoms with Crippen molar-refractivity contribution in [2.45, 2.75) is 57.4 Å². The Hall–Kier alpha value is -4.80. The predicted octanol–water partition coefficient (Wildman–Crippen LogP) is 8.67. The Morgan fingerprint density at radius 1 is 0.952 bits per heavy atom. The lowest BCUT2D eigenvalue weighted by molar-refractivity contribution is 0.360. The molecule has 2 heterocycles. The maximum absolute atomic E-state index is 9.69. The van der Waals surface area contributed by atoms with Crippen molar-refractivity contribution in [1.82, 2.24) is 9.47 Å². The van der Waals surface area contributed by atoms with Crippen LogP contribution < -0.4 is 0 Å². The Bertz CT molecular complexity index is 1920. The summed E-state index contributed by atoms with van der Waals surface area (Å²) in [6, 6.07) is 19.9. The molecule has 3 aromatic rings. The Balaban J connectivity index is 1.26. The first-order valence-electron chi connectivity index (χ1n) is 15.3. The third kappa shape index (κ3) is 3.79. The Morgan fingerprint density at radius 2 is 1.88 bits per heavy atom. The molecular weight excluding hydrogens is 512 g/mol. The third-order valence-electron chi connectivity index (χ3n) is 9.70. The number of aromatic nitrogens is 1. The Morgan fingerprint density at radius 3 is 2.79 bits per heavy atom. The van der Waals surface area contributed by atoms with Crippen LogP contribution in [0.4, 0.5) is 0 Å². The summed E-state index contributed by atoms with van der Waals surface area (Å²) < 4.78 is 2.38. The molecule has 0 N–H and O–H groups in total. The summed E-state index contributed by atoms with van der Waals surface area (Å²) in [6.07, 6.45) is 24.1. The molecule has 4 heteroatoms. The standard InChI is InChI=1S/C38H32N4/c39-23-25-8-5-10-28(20-25)42-35-16-4-2-13-32(35)38-30(14-7-17-37(38)42)27-9-6-11-29(22-27)41-34-15-3-1-12-31(34)33-21-26(24-40)18-19-36(33)41/h1-3,5,7-8,10-14,17,20,22,26,34H,4,6,9,15-16,18-19,21H2. The van der Waals surface area contributed by atoms with Crippen molar-refractivity contribution in [3.8, 4) is 17.8 Å². The van der Waals surface area contributed by atoms with Gasteiger partial charge in [0.25, 0.3) is 0 Å². The highest BCUT2D eigenvalue weighted by molar-refractivity contribution is 6.01. The fourth-order valence-electron chi connectivity index (χ4n) is 7.89. The molecule has 0 fully saturated rings. The van der Waals surface area contributed by atoms with Gasteiger partial charge in [-0.2, -0.15) is 10.5 Å². The molecule has 5 aliphatic rings. The van der Waals surface area contributed by atoms with Crippen LogP contribution in [0.15, 0.2) is 101 Å². The quantitative estimate of drug-likeness (QED) is 0.331. The van der Waals surface area contributed by atoms with Crippen LogP contribution in [0.2, 0.25) is 0 Å². The maximum atomic E-state index is 9.69. The number of rotatable bonds is 3. The fourth-order valence-corrected chi connectivity index (χ4v) is 7.89. The number of allylic oxidation sites excluding steroid dienone is 7. The van der Waals surface area contributed by atoms with Gasteiger partial charge in [-0.15, -0.1) is 0 Å². The maximum Gasteiger partial charge on any atom is 0.0992 e. The van der Waals surface area contributed by atoms with Crippen LogP contribution in [0.3, 0.4) is 0 Å². The minimum Gasteiger partial charge on any atom is -0.337 e. The highest BCUT2D eigenvalue weighted by atomic mass is 15.2. The largest absolute Gasteiger partial charge is 0.337 e. The minimum absolute atomic E-state index is 0.123. The zero-order valence-electron chi connectivity index (χ0n) is 23.7. The van der Waals surface area contributed by atoms with E-state index in [0.29, 0.717) is 11.6 Å². The average molecular weight is 545 g/mol. The van der Waals surface area contributed by atoms with Gasteiger partial charge in [0, 0.05) is 33.7 Å². The zero-order valence-corrected chi connectivity index (χ0v) is 23.7. The molecule has 1 aromatic heterocycles. The average Bonchev–Trinajstić information content (AvgIpc) is 3.57. The van der Waals surface area contributed by atoms with Gasteiger partial charge in [-0.3, -0.25) is 0 Å². The van der Waals surface area contributed by atoms with Crippen molar-refractivity contribution in [3.63, 3.8) is 0 Å². The van der Waals surface area contributed by atoms with E-state index in [1.54, 1.807) is 0 Å². The lowest BCUT2D eigenvalue weighted by atomic mass is 9.84. The summed E-state index contributed by atoms with van der Waals surface area (Å²) in [4.78, 5) is 2.62. The van der Waals surface area contributed by atoms with Crippen molar-refractivity contribution in [2.24, 2.45) is 5.92 Å². The van der Waals surface area contributed by atoms with E-state index in [9.17, 15) is 10.5 Å². The molecule has 4 aliphatic carbocycles. The second-order valence-electron chi connectivity index (χ2n) is 12.0. The molecule has 0 saturated heterocycles. The Kier molecular flexibility index (Phi) is 5.90.